The van der Waals surface area contributed by atoms with Crippen molar-refractivity contribution in [1.29, 1.82) is 0 Å². The largest absolute Gasteiger partial charge is 0.358 e. The molecule has 1 amide bonds. The fraction of sp³-hybridized carbons (Fsp3) is 0.182. The molecule has 0 spiro atoms. The second-order valence-corrected chi connectivity index (χ2v) is 7.45. The summed E-state index contributed by atoms with van der Waals surface area (Å²) in [5.41, 5.74) is 2.97. The van der Waals surface area contributed by atoms with Gasteiger partial charge in [0.05, 0.1) is 5.39 Å². The zero-order valence-electron chi connectivity index (χ0n) is 16.2. The lowest BCUT2D eigenvalue weighted by molar-refractivity contribution is -0.121. The van der Waals surface area contributed by atoms with Gasteiger partial charge in [0, 0.05) is 35.4 Å². The van der Waals surface area contributed by atoms with Gasteiger partial charge in [-0.1, -0.05) is 30.3 Å². The molecule has 3 aromatic heterocycles. The standard InChI is InChI=1S/C22H21N5OS/c1-3-24-21(28)14(2)25-20-18-17(15-8-5-4-6-9-15)13-29-22(18)27-19(26-20)16-10-7-11-23-12-16/h4-14H,3H2,1-2H3,(H,24,28)(H,25,26,27)/t14-/m0/s1. The van der Waals surface area contributed by atoms with Crippen molar-refractivity contribution in [3.8, 4) is 22.5 Å². The molecular weight excluding hydrogens is 382 g/mol. The van der Waals surface area contributed by atoms with E-state index in [9.17, 15) is 4.79 Å². The molecule has 0 saturated carbocycles. The van der Waals surface area contributed by atoms with Crippen molar-refractivity contribution in [2.24, 2.45) is 0 Å². The summed E-state index contributed by atoms with van der Waals surface area (Å²) in [6, 6.07) is 13.5. The van der Waals surface area contributed by atoms with Crippen LogP contribution in [0.25, 0.3) is 32.7 Å². The highest BCUT2D eigenvalue weighted by Gasteiger charge is 2.20. The number of rotatable bonds is 6. The number of fused-ring (bicyclic) bond motifs is 1. The zero-order chi connectivity index (χ0) is 20.2. The van der Waals surface area contributed by atoms with Gasteiger partial charge in [-0.05, 0) is 31.5 Å². The van der Waals surface area contributed by atoms with Crippen LogP contribution in [0, 0.1) is 0 Å². The minimum atomic E-state index is -0.432. The van der Waals surface area contributed by atoms with Gasteiger partial charge >= 0.3 is 0 Å². The summed E-state index contributed by atoms with van der Waals surface area (Å²) < 4.78 is 0. The summed E-state index contributed by atoms with van der Waals surface area (Å²) in [4.78, 5) is 26.9. The lowest BCUT2D eigenvalue weighted by Gasteiger charge is -2.16. The van der Waals surface area contributed by atoms with Crippen molar-refractivity contribution in [1.82, 2.24) is 20.3 Å². The monoisotopic (exact) mass is 403 g/mol. The number of hydrogen-bond donors (Lipinski definition) is 2. The molecule has 4 aromatic rings. The van der Waals surface area contributed by atoms with Crippen LogP contribution in [-0.2, 0) is 4.79 Å². The molecule has 4 rings (SSSR count). The molecule has 29 heavy (non-hydrogen) atoms. The molecule has 6 nitrogen and oxygen atoms in total. The number of nitrogens with one attached hydrogen (secondary N) is 2. The Hall–Kier alpha value is -3.32. The maximum atomic E-state index is 12.3. The number of anilines is 1. The van der Waals surface area contributed by atoms with Gasteiger partial charge in [0.25, 0.3) is 0 Å². The van der Waals surface area contributed by atoms with Crippen molar-refractivity contribution in [2.45, 2.75) is 19.9 Å². The van der Waals surface area contributed by atoms with E-state index in [1.54, 1.807) is 23.7 Å². The lowest BCUT2D eigenvalue weighted by Crippen LogP contribution is -2.37. The van der Waals surface area contributed by atoms with Gasteiger partial charge in [0.2, 0.25) is 5.91 Å². The van der Waals surface area contributed by atoms with E-state index in [2.05, 4.69) is 33.1 Å². The van der Waals surface area contributed by atoms with Crippen LogP contribution in [0.15, 0.2) is 60.2 Å². The predicted octanol–water partition coefficient (Wildman–Crippen LogP) is 4.36. The number of thiophene rings is 1. The fourth-order valence-electron chi connectivity index (χ4n) is 3.10. The molecule has 3 heterocycles. The number of likely N-dealkylation sites (N-methyl/N-ethyl adjacent to an activating group) is 1. The van der Waals surface area contributed by atoms with Crippen LogP contribution in [0.1, 0.15) is 13.8 Å². The maximum Gasteiger partial charge on any atom is 0.242 e. The average Bonchev–Trinajstić information content (AvgIpc) is 3.19. The number of aromatic nitrogens is 3. The van der Waals surface area contributed by atoms with Gasteiger partial charge in [-0.25, -0.2) is 9.97 Å². The second kappa shape index (κ2) is 8.36. The van der Waals surface area contributed by atoms with Gasteiger partial charge in [-0.3, -0.25) is 9.78 Å². The molecule has 0 aliphatic rings. The summed E-state index contributed by atoms with van der Waals surface area (Å²) in [5, 5.41) is 9.16. The smallest absolute Gasteiger partial charge is 0.242 e. The van der Waals surface area contributed by atoms with Crippen LogP contribution in [-0.4, -0.2) is 33.4 Å². The van der Waals surface area contributed by atoms with Crippen molar-refractivity contribution in [2.75, 3.05) is 11.9 Å². The van der Waals surface area contributed by atoms with Gasteiger partial charge in [-0.15, -0.1) is 11.3 Å². The van der Waals surface area contributed by atoms with E-state index >= 15 is 0 Å². The Labute approximate surface area is 173 Å². The van der Waals surface area contributed by atoms with Gasteiger partial charge < -0.3 is 10.6 Å². The predicted molar refractivity (Wildman–Crippen MR) is 118 cm³/mol. The van der Waals surface area contributed by atoms with E-state index in [-0.39, 0.29) is 5.91 Å². The molecule has 0 saturated heterocycles. The van der Waals surface area contributed by atoms with E-state index in [1.165, 1.54) is 0 Å². The minimum Gasteiger partial charge on any atom is -0.358 e. The molecule has 1 atom stereocenters. The van der Waals surface area contributed by atoms with Gasteiger partial charge in [-0.2, -0.15) is 0 Å². The third-order valence-electron chi connectivity index (χ3n) is 4.54. The molecule has 2 N–H and O–H groups in total. The zero-order valence-corrected chi connectivity index (χ0v) is 17.0. The number of benzene rings is 1. The number of amides is 1. The van der Waals surface area contributed by atoms with E-state index in [0.29, 0.717) is 18.2 Å². The molecule has 1 aromatic carbocycles. The topological polar surface area (TPSA) is 79.8 Å². The Morgan fingerprint density at radius 2 is 1.90 bits per heavy atom. The Balaban J connectivity index is 1.86. The van der Waals surface area contributed by atoms with E-state index in [4.69, 9.17) is 9.97 Å². The molecule has 0 radical (unpaired) electrons. The lowest BCUT2D eigenvalue weighted by atomic mass is 10.1. The summed E-state index contributed by atoms with van der Waals surface area (Å²) >= 11 is 1.57. The highest BCUT2D eigenvalue weighted by molar-refractivity contribution is 7.17. The molecule has 0 bridgehead atoms. The van der Waals surface area contributed by atoms with Crippen molar-refractivity contribution >= 4 is 33.3 Å². The first-order valence-corrected chi connectivity index (χ1v) is 10.3. The van der Waals surface area contributed by atoms with Crippen LogP contribution < -0.4 is 10.6 Å². The van der Waals surface area contributed by atoms with Gasteiger partial charge in [0.15, 0.2) is 5.82 Å². The summed E-state index contributed by atoms with van der Waals surface area (Å²) in [6.07, 6.45) is 3.46. The SMILES string of the molecule is CCNC(=O)[C@H](C)Nc1nc(-c2cccnc2)nc2scc(-c3ccccc3)c12. The Morgan fingerprint density at radius 3 is 2.62 bits per heavy atom. The van der Waals surface area contributed by atoms with Crippen LogP contribution in [0.4, 0.5) is 5.82 Å². The van der Waals surface area contributed by atoms with E-state index in [1.807, 2.05) is 44.2 Å². The molecule has 7 heteroatoms. The number of hydrogen-bond acceptors (Lipinski definition) is 6. The third-order valence-corrected chi connectivity index (χ3v) is 5.41. The number of carbonyl (C=O) groups excluding carboxylic acids is 1. The van der Waals surface area contributed by atoms with Crippen LogP contribution in [0.2, 0.25) is 0 Å². The van der Waals surface area contributed by atoms with E-state index in [0.717, 1.165) is 26.9 Å². The van der Waals surface area contributed by atoms with Crippen LogP contribution in [0.5, 0.6) is 0 Å². The molecule has 0 aliphatic carbocycles. The Morgan fingerprint density at radius 1 is 1.10 bits per heavy atom. The van der Waals surface area contributed by atoms with Crippen molar-refractivity contribution in [3.05, 3.63) is 60.2 Å². The normalized spacial score (nSPS) is 11.9. The van der Waals surface area contributed by atoms with Crippen molar-refractivity contribution in [3.63, 3.8) is 0 Å². The summed E-state index contributed by atoms with van der Waals surface area (Å²) in [6.45, 7) is 4.32. The quantitative estimate of drug-likeness (QED) is 0.500. The van der Waals surface area contributed by atoms with Crippen molar-refractivity contribution < 1.29 is 4.79 Å². The number of carbonyl (C=O) groups is 1. The molecule has 0 fully saturated rings. The van der Waals surface area contributed by atoms with Crippen LogP contribution in [0.3, 0.4) is 0 Å². The Bertz CT molecular complexity index is 1130. The first kappa shape index (κ1) is 19.0. The minimum absolute atomic E-state index is 0.0707. The van der Waals surface area contributed by atoms with Crippen LogP contribution >= 0.6 is 11.3 Å². The summed E-state index contributed by atoms with van der Waals surface area (Å²) in [5.74, 6) is 1.16. The maximum absolute atomic E-state index is 12.3. The Kier molecular flexibility index (Phi) is 5.48. The highest BCUT2D eigenvalue weighted by Crippen LogP contribution is 2.38. The number of nitrogens with zero attached hydrogens (tertiary/aromatic N) is 3. The highest BCUT2D eigenvalue weighted by atomic mass is 32.1. The first-order chi connectivity index (χ1) is 14.2. The molecule has 146 valence electrons. The third kappa shape index (κ3) is 3.95. The molecule has 0 aliphatic heterocycles. The first-order valence-electron chi connectivity index (χ1n) is 9.46. The fourth-order valence-corrected chi connectivity index (χ4v) is 4.05. The van der Waals surface area contributed by atoms with Gasteiger partial charge in [0.1, 0.15) is 16.7 Å². The van der Waals surface area contributed by atoms with E-state index < -0.39 is 6.04 Å². The average molecular weight is 404 g/mol. The molecule has 0 unspecified atom stereocenters. The number of pyridine rings is 1. The summed E-state index contributed by atoms with van der Waals surface area (Å²) in [7, 11) is 0. The molecular formula is C22H21N5OS. The second-order valence-electron chi connectivity index (χ2n) is 6.59.